The van der Waals surface area contributed by atoms with E-state index in [1.165, 1.54) is 18.5 Å². The van der Waals surface area contributed by atoms with E-state index in [1.54, 1.807) is 0 Å². The molecule has 0 spiro atoms. The minimum Gasteiger partial charge on any atom is -0.348 e. The number of carbonyl (C=O) groups is 1. The number of rotatable bonds is 3. The van der Waals surface area contributed by atoms with E-state index < -0.39 is 17.5 Å². The van der Waals surface area contributed by atoms with E-state index in [-0.39, 0.29) is 16.5 Å². The number of benzene rings is 1. The number of aromatic nitrogens is 2. The molecule has 0 atom stereocenters. The highest BCUT2D eigenvalue weighted by molar-refractivity contribution is 9.10. The molecular formula is C12H8BrF3N2O. The molecule has 7 heteroatoms. The zero-order valence-electron chi connectivity index (χ0n) is 9.46. The normalized spacial score (nSPS) is 11.6. The molecule has 0 aliphatic heterocycles. The van der Waals surface area contributed by atoms with Crippen LogP contribution in [0.4, 0.5) is 13.2 Å². The number of nitrogens with one attached hydrogen (secondary N) is 1. The fourth-order valence-electron chi connectivity index (χ4n) is 1.64. The van der Waals surface area contributed by atoms with Crippen LogP contribution < -0.4 is 0 Å². The van der Waals surface area contributed by atoms with Gasteiger partial charge in [0.1, 0.15) is 5.82 Å². The summed E-state index contributed by atoms with van der Waals surface area (Å²) in [5.74, 6) is -0.296. The predicted molar refractivity (Wildman–Crippen MR) is 65.8 cm³/mol. The van der Waals surface area contributed by atoms with Crippen molar-refractivity contribution in [2.75, 3.05) is 0 Å². The average molecular weight is 333 g/mol. The number of H-pyrrole nitrogens is 1. The number of aromatic amines is 1. The molecule has 2 aromatic rings. The zero-order chi connectivity index (χ0) is 14.0. The van der Waals surface area contributed by atoms with Gasteiger partial charge < -0.3 is 4.98 Å². The molecule has 2 rings (SSSR count). The van der Waals surface area contributed by atoms with Gasteiger partial charge in [0, 0.05) is 22.4 Å². The molecule has 1 aromatic carbocycles. The third kappa shape index (κ3) is 3.23. The maximum atomic E-state index is 12.9. The molecule has 0 radical (unpaired) electrons. The molecule has 19 heavy (non-hydrogen) atoms. The summed E-state index contributed by atoms with van der Waals surface area (Å²) in [6.45, 7) is 0. The number of halogens is 4. The first-order valence-electron chi connectivity index (χ1n) is 5.26. The first kappa shape index (κ1) is 13.8. The number of alkyl halides is 3. The molecule has 0 bridgehead atoms. The van der Waals surface area contributed by atoms with Crippen molar-refractivity contribution in [2.45, 2.75) is 12.6 Å². The van der Waals surface area contributed by atoms with Crippen LogP contribution >= 0.6 is 15.9 Å². The lowest BCUT2D eigenvalue weighted by atomic mass is 10.0. The maximum absolute atomic E-state index is 12.9. The summed E-state index contributed by atoms with van der Waals surface area (Å²) in [5, 5.41) is 0. The molecule has 1 heterocycles. The number of hydrogen-bond donors (Lipinski definition) is 1. The van der Waals surface area contributed by atoms with Gasteiger partial charge in [0.05, 0.1) is 12.0 Å². The van der Waals surface area contributed by atoms with Gasteiger partial charge >= 0.3 is 6.18 Å². The number of ketones is 1. The fraction of sp³-hybridized carbons (Fsp3) is 0.167. The van der Waals surface area contributed by atoms with Gasteiger partial charge in [-0.25, -0.2) is 4.98 Å². The van der Waals surface area contributed by atoms with Crippen LogP contribution in [0.25, 0.3) is 0 Å². The van der Waals surface area contributed by atoms with Crippen molar-refractivity contribution in [2.24, 2.45) is 0 Å². The zero-order valence-corrected chi connectivity index (χ0v) is 11.0. The van der Waals surface area contributed by atoms with E-state index in [0.29, 0.717) is 5.82 Å². The van der Waals surface area contributed by atoms with Gasteiger partial charge in [0.15, 0.2) is 5.78 Å². The summed E-state index contributed by atoms with van der Waals surface area (Å²) >= 11 is 2.97. The van der Waals surface area contributed by atoms with Gasteiger partial charge in [-0.05, 0) is 18.2 Å². The largest absolute Gasteiger partial charge is 0.417 e. The molecule has 0 aliphatic carbocycles. The average Bonchev–Trinajstić information content (AvgIpc) is 2.80. The van der Waals surface area contributed by atoms with Gasteiger partial charge in [0.2, 0.25) is 0 Å². The minimum atomic E-state index is -4.57. The van der Waals surface area contributed by atoms with Gasteiger partial charge in [-0.2, -0.15) is 13.2 Å². The van der Waals surface area contributed by atoms with Crippen LogP contribution in [0.1, 0.15) is 21.7 Å². The number of nitrogens with zero attached hydrogens (tertiary/aromatic N) is 1. The van der Waals surface area contributed by atoms with E-state index in [0.717, 1.165) is 12.1 Å². The number of hydrogen-bond acceptors (Lipinski definition) is 2. The lowest BCUT2D eigenvalue weighted by Crippen LogP contribution is -2.15. The predicted octanol–water partition coefficient (Wildman–Crippen LogP) is 3.62. The molecule has 0 unspecified atom stereocenters. The Morgan fingerprint density at radius 1 is 1.37 bits per heavy atom. The van der Waals surface area contributed by atoms with E-state index in [4.69, 9.17) is 0 Å². The molecule has 0 fully saturated rings. The van der Waals surface area contributed by atoms with E-state index >= 15 is 0 Å². The van der Waals surface area contributed by atoms with Gasteiger partial charge in [-0.15, -0.1) is 0 Å². The summed E-state index contributed by atoms with van der Waals surface area (Å²) in [6.07, 6.45) is -1.82. The molecule has 3 nitrogen and oxygen atoms in total. The Morgan fingerprint density at radius 3 is 2.68 bits per heavy atom. The first-order chi connectivity index (χ1) is 8.88. The van der Waals surface area contributed by atoms with Crippen LogP contribution in [0.5, 0.6) is 0 Å². The van der Waals surface area contributed by atoms with Crippen molar-refractivity contribution < 1.29 is 18.0 Å². The smallest absolute Gasteiger partial charge is 0.348 e. The lowest BCUT2D eigenvalue weighted by Gasteiger charge is -2.12. The van der Waals surface area contributed by atoms with Crippen molar-refractivity contribution in [3.05, 3.63) is 52.0 Å². The summed E-state index contributed by atoms with van der Waals surface area (Å²) in [5.41, 5.74) is -1.30. The Bertz CT molecular complexity index is 594. The third-order valence-corrected chi connectivity index (χ3v) is 2.96. The standard InChI is InChI=1S/C12H8BrF3N2O/c13-7-1-2-8(9(5-7)12(14,15)16)10(19)6-11-17-3-4-18-11/h1-5H,6H2,(H,17,18). The Hall–Kier alpha value is -1.63. The number of imidazole rings is 1. The van der Waals surface area contributed by atoms with Crippen LogP contribution in [-0.4, -0.2) is 15.8 Å². The minimum absolute atomic E-state index is 0.197. The van der Waals surface area contributed by atoms with Gasteiger partial charge in [-0.1, -0.05) is 15.9 Å². The van der Waals surface area contributed by atoms with Crippen LogP contribution in [0.15, 0.2) is 35.1 Å². The van der Waals surface area contributed by atoms with Crippen LogP contribution in [-0.2, 0) is 12.6 Å². The second-order valence-electron chi connectivity index (χ2n) is 3.82. The Labute approximate surface area is 115 Å². The second-order valence-corrected chi connectivity index (χ2v) is 4.74. The van der Waals surface area contributed by atoms with E-state index in [9.17, 15) is 18.0 Å². The van der Waals surface area contributed by atoms with Crippen molar-refractivity contribution in [1.82, 2.24) is 9.97 Å². The van der Waals surface area contributed by atoms with Crippen molar-refractivity contribution in [3.63, 3.8) is 0 Å². The third-order valence-electron chi connectivity index (χ3n) is 2.47. The molecule has 0 amide bonds. The van der Waals surface area contributed by atoms with Crippen LogP contribution in [0, 0.1) is 0 Å². The number of carbonyl (C=O) groups excluding carboxylic acids is 1. The van der Waals surface area contributed by atoms with E-state index in [2.05, 4.69) is 25.9 Å². The molecular weight excluding hydrogens is 325 g/mol. The number of Topliss-reactive ketones (excluding diaryl/α,β-unsaturated/α-hetero) is 1. The monoisotopic (exact) mass is 332 g/mol. The Morgan fingerprint density at radius 2 is 2.11 bits per heavy atom. The van der Waals surface area contributed by atoms with Crippen molar-refractivity contribution >= 4 is 21.7 Å². The molecule has 1 N–H and O–H groups in total. The summed E-state index contributed by atoms with van der Waals surface area (Å²) in [6, 6.07) is 3.47. The molecule has 100 valence electrons. The maximum Gasteiger partial charge on any atom is 0.417 e. The van der Waals surface area contributed by atoms with E-state index in [1.807, 2.05) is 0 Å². The molecule has 0 saturated heterocycles. The first-order valence-corrected chi connectivity index (χ1v) is 6.05. The highest BCUT2D eigenvalue weighted by atomic mass is 79.9. The van der Waals surface area contributed by atoms with Gasteiger partial charge in [0.25, 0.3) is 0 Å². The Kier molecular flexibility index (Phi) is 3.75. The summed E-state index contributed by atoms with van der Waals surface area (Å²) in [7, 11) is 0. The highest BCUT2D eigenvalue weighted by Gasteiger charge is 2.35. The molecule has 0 aliphatic rings. The highest BCUT2D eigenvalue weighted by Crippen LogP contribution is 2.34. The lowest BCUT2D eigenvalue weighted by molar-refractivity contribution is -0.138. The van der Waals surface area contributed by atoms with Crippen molar-refractivity contribution in [1.29, 1.82) is 0 Å². The topological polar surface area (TPSA) is 45.8 Å². The molecule has 1 aromatic heterocycles. The summed E-state index contributed by atoms with van der Waals surface area (Å²) < 4.78 is 38.9. The van der Waals surface area contributed by atoms with Crippen LogP contribution in [0.3, 0.4) is 0 Å². The van der Waals surface area contributed by atoms with Crippen LogP contribution in [0.2, 0.25) is 0 Å². The quantitative estimate of drug-likeness (QED) is 0.872. The SMILES string of the molecule is O=C(Cc1ncc[nH]1)c1ccc(Br)cc1C(F)(F)F. The van der Waals surface area contributed by atoms with Crippen molar-refractivity contribution in [3.8, 4) is 0 Å². The fourth-order valence-corrected chi connectivity index (χ4v) is 2.00. The Balaban J connectivity index is 2.36. The molecule has 0 saturated carbocycles. The second kappa shape index (κ2) is 5.16. The van der Waals surface area contributed by atoms with Gasteiger partial charge in [-0.3, -0.25) is 4.79 Å². The summed E-state index contributed by atoms with van der Waals surface area (Å²) in [4.78, 5) is 18.4.